The van der Waals surface area contributed by atoms with Gasteiger partial charge in [-0.2, -0.15) is 0 Å². The molecule has 0 aliphatic carbocycles. The minimum Gasteiger partial charge on any atom is -0.507 e. The number of amides is 1. The molecule has 2 heterocycles. The summed E-state index contributed by atoms with van der Waals surface area (Å²) in [5, 5.41) is 12.4. The summed E-state index contributed by atoms with van der Waals surface area (Å²) < 4.78 is 6.67. The molecule has 1 fully saturated rings. The van der Waals surface area contributed by atoms with Gasteiger partial charge in [0, 0.05) is 10.6 Å². The first kappa shape index (κ1) is 25.9. The maximum Gasteiger partial charge on any atom is 0.301 e. The van der Waals surface area contributed by atoms with Crippen LogP contribution in [-0.4, -0.2) is 28.4 Å². The minimum absolute atomic E-state index is 0.0214. The van der Waals surface area contributed by atoms with Crippen LogP contribution in [0.1, 0.15) is 42.1 Å². The number of carbonyl (C=O) groups is 2. The molecule has 1 atom stereocenters. The second kappa shape index (κ2) is 10.2. The van der Waals surface area contributed by atoms with Crippen LogP contribution in [0.2, 0.25) is 5.02 Å². The molecule has 1 aliphatic rings. The topological polar surface area (TPSA) is 79.7 Å². The summed E-state index contributed by atoms with van der Waals surface area (Å²) in [6.07, 6.45) is 0. The lowest BCUT2D eigenvalue weighted by atomic mass is 9.94. The second-order valence-corrected chi connectivity index (χ2v) is 11.3. The second-order valence-electron chi connectivity index (χ2n) is 9.88. The molecule has 0 spiro atoms. The van der Waals surface area contributed by atoms with Gasteiger partial charge in [-0.3, -0.25) is 14.5 Å². The Bertz CT molecular complexity index is 1610. The Morgan fingerprint density at radius 3 is 2.61 bits per heavy atom. The molecule has 1 amide bonds. The van der Waals surface area contributed by atoms with E-state index in [9.17, 15) is 14.7 Å². The van der Waals surface area contributed by atoms with Crippen LogP contribution < -0.4 is 9.64 Å². The van der Waals surface area contributed by atoms with Crippen molar-refractivity contribution in [3.8, 4) is 5.75 Å². The fourth-order valence-electron chi connectivity index (χ4n) is 4.55. The maximum atomic E-state index is 13.5. The molecule has 5 rings (SSSR count). The summed E-state index contributed by atoms with van der Waals surface area (Å²) in [4.78, 5) is 33.0. The van der Waals surface area contributed by atoms with Crippen LogP contribution in [0.25, 0.3) is 16.0 Å². The number of benzene rings is 3. The van der Waals surface area contributed by atoms with Crippen molar-refractivity contribution < 1.29 is 19.4 Å². The predicted octanol–water partition coefficient (Wildman–Crippen LogP) is 7.23. The van der Waals surface area contributed by atoms with Crippen molar-refractivity contribution in [2.75, 3.05) is 11.5 Å². The van der Waals surface area contributed by atoms with E-state index in [2.05, 4.69) is 18.8 Å². The lowest BCUT2D eigenvalue weighted by molar-refractivity contribution is -0.132. The van der Waals surface area contributed by atoms with E-state index >= 15 is 0 Å². The van der Waals surface area contributed by atoms with Gasteiger partial charge in [0.15, 0.2) is 5.13 Å². The van der Waals surface area contributed by atoms with Crippen LogP contribution in [-0.2, 0) is 9.59 Å². The van der Waals surface area contributed by atoms with E-state index in [0.717, 1.165) is 15.8 Å². The van der Waals surface area contributed by atoms with Gasteiger partial charge in [-0.05, 0) is 67.3 Å². The van der Waals surface area contributed by atoms with E-state index in [1.54, 1.807) is 36.4 Å². The number of halogens is 1. The van der Waals surface area contributed by atoms with Crippen molar-refractivity contribution in [2.45, 2.75) is 33.7 Å². The molecule has 1 saturated heterocycles. The van der Waals surface area contributed by atoms with Gasteiger partial charge < -0.3 is 9.84 Å². The highest BCUT2D eigenvalue weighted by molar-refractivity contribution is 7.22. The van der Waals surface area contributed by atoms with Gasteiger partial charge in [0.2, 0.25) is 0 Å². The quantitative estimate of drug-likeness (QED) is 0.157. The number of Topliss-reactive ketones (excluding diaryl/α,β-unsaturated/α-hetero) is 1. The van der Waals surface area contributed by atoms with Gasteiger partial charge in [-0.1, -0.05) is 66.6 Å². The molecule has 6 nitrogen and oxygen atoms in total. The first-order chi connectivity index (χ1) is 18.1. The van der Waals surface area contributed by atoms with Crippen LogP contribution >= 0.6 is 22.9 Å². The SMILES string of the molecule is Cc1cccc(C2/C(=C(\O)c3ccc(OCC(C)C)c(C)c3)C(=O)C(=O)N2c2nc3ccc(Cl)cc3s2)c1. The molecule has 1 unspecified atom stereocenters. The zero-order valence-corrected chi connectivity index (χ0v) is 23.1. The van der Waals surface area contributed by atoms with Crippen LogP contribution in [0.4, 0.5) is 5.13 Å². The van der Waals surface area contributed by atoms with Crippen LogP contribution in [0, 0.1) is 19.8 Å². The Balaban J connectivity index is 1.65. The number of hydrogen-bond donors (Lipinski definition) is 1. The van der Waals surface area contributed by atoms with Gasteiger partial charge in [0.1, 0.15) is 11.5 Å². The number of anilines is 1. The Morgan fingerprint density at radius 1 is 1.11 bits per heavy atom. The largest absolute Gasteiger partial charge is 0.507 e. The van der Waals surface area contributed by atoms with E-state index in [4.69, 9.17) is 16.3 Å². The summed E-state index contributed by atoms with van der Waals surface area (Å²) in [7, 11) is 0. The Labute approximate surface area is 230 Å². The molecule has 0 bridgehead atoms. The number of ether oxygens (including phenoxy) is 1. The molecule has 3 aromatic carbocycles. The summed E-state index contributed by atoms with van der Waals surface area (Å²) in [6, 6.07) is 17.3. The standard InChI is InChI=1S/C30H27ClN2O4S/c1-16(2)15-37-23-11-8-20(13-18(23)4)27(34)25-26(19-7-5-6-17(3)12-19)33(29(36)28(25)35)30-32-22-10-9-21(31)14-24(22)38-30/h5-14,16,26,34H,15H2,1-4H3/b27-25+. The van der Waals surface area contributed by atoms with Crippen LogP contribution in [0.3, 0.4) is 0 Å². The zero-order chi connectivity index (χ0) is 27.1. The molecule has 0 radical (unpaired) electrons. The van der Waals surface area contributed by atoms with Crippen LogP contribution in [0.15, 0.2) is 66.2 Å². The van der Waals surface area contributed by atoms with Gasteiger partial charge in [0.25, 0.3) is 5.78 Å². The summed E-state index contributed by atoms with van der Waals surface area (Å²) in [6.45, 7) is 8.53. The third-order valence-corrected chi connectivity index (χ3v) is 7.62. The molecule has 4 aromatic rings. The first-order valence-corrected chi connectivity index (χ1v) is 13.5. The lowest BCUT2D eigenvalue weighted by Gasteiger charge is -2.23. The number of nitrogens with zero attached hydrogens (tertiary/aromatic N) is 2. The van der Waals surface area contributed by atoms with Gasteiger partial charge in [-0.15, -0.1) is 0 Å². The molecule has 8 heteroatoms. The van der Waals surface area contributed by atoms with Crippen molar-refractivity contribution in [1.29, 1.82) is 0 Å². The number of aromatic nitrogens is 1. The van der Waals surface area contributed by atoms with Crippen molar-refractivity contribution in [3.63, 3.8) is 0 Å². The third kappa shape index (κ3) is 4.79. The van der Waals surface area contributed by atoms with Crippen molar-refractivity contribution in [3.05, 3.63) is 93.5 Å². The number of rotatable bonds is 6. The minimum atomic E-state index is -0.844. The molecular weight excluding hydrogens is 520 g/mol. The Kier molecular flexibility index (Phi) is 6.99. The number of fused-ring (bicyclic) bond motifs is 1. The van der Waals surface area contributed by atoms with Crippen molar-refractivity contribution >= 4 is 55.7 Å². The number of aliphatic hydroxyl groups excluding tert-OH is 1. The molecule has 194 valence electrons. The van der Waals surface area contributed by atoms with E-state index in [1.165, 1.54) is 16.2 Å². The summed E-state index contributed by atoms with van der Waals surface area (Å²) in [5.74, 6) is -0.661. The maximum absolute atomic E-state index is 13.5. The van der Waals surface area contributed by atoms with E-state index in [1.807, 2.05) is 38.1 Å². The molecule has 1 aliphatic heterocycles. The normalized spacial score (nSPS) is 17.1. The average molecular weight is 547 g/mol. The Hall–Kier alpha value is -3.68. The van der Waals surface area contributed by atoms with Crippen LogP contribution in [0.5, 0.6) is 5.75 Å². The average Bonchev–Trinajstić information content (AvgIpc) is 3.40. The zero-order valence-electron chi connectivity index (χ0n) is 21.5. The molecule has 0 saturated carbocycles. The highest BCUT2D eigenvalue weighted by Crippen LogP contribution is 2.45. The molecule has 1 aromatic heterocycles. The van der Waals surface area contributed by atoms with E-state index in [0.29, 0.717) is 45.1 Å². The number of hydrogen-bond acceptors (Lipinski definition) is 6. The summed E-state index contributed by atoms with van der Waals surface area (Å²) >= 11 is 7.44. The first-order valence-electron chi connectivity index (χ1n) is 12.3. The number of thiazole rings is 1. The van der Waals surface area contributed by atoms with Gasteiger partial charge in [-0.25, -0.2) is 4.98 Å². The summed E-state index contributed by atoms with van der Waals surface area (Å²) in [5.41, 5.74) is 3.62. The fraction of sp³-hybridized carbons (Fsp3) is 0.233. The predicted molar refractivity (Wildman–Crippen MR) is 152 cm³/mol. The third-order valence-electron chi connectivity index (χ3n) is 6.37. The number of aryl methyl sites for hydroxylation is 2. The van der Waals surface area contributed by atoms with Crippen molar-refractivity contribution in [2.24, 2.45) is 5.92 Å². The van der Waals surface area contributed by atoms with Crippen molar-refractivity contribution in [1.82, 2.24) is 4.98 Å². The molecule has 38 heavy (non-hydrogen) atoms. The molecule has 1 N–H and O–H groups in total. The number of carbonyl (C=O) groups excluding carboxylic acids is 2. The highest BCUT2D eigenvalue weighted by Gasteiger charge is 2.48. The smallest absolute Gasteiger partial charge is 0.301 e. The highest BCUT2D eigenvalue weighted by atomic mass is 35.5. The van der Waals surface area contributed by atoms with Gasteiger partial charge >= 0.3 is 5.91 Å². The van der Waals surface area contributed by atoms with E-state index in [-0.39, 0.29) is 11.3 Å². The fourth-order valence-corrected chi connectivity index (χ4v) is 5.81. The molecular formula is C30H27ClN2O4S. The number of aliphatic hydroxyl groups is 1. The lowest BCUT2D eigenvalue weighted by Crippen LogP contribution is -2.29. The Morgan fingerprint density at radius 2 is 1.89 bits per heavy atom. The van der Waals surface area contributed by atoms with E-state index < -0.39 is 17.7 Å². The van der Waals surface area contributed by atoms with Gasteiger partial charge in [0.05, 0.1) is 28.4 Å². The monoisotopic (exact) mass is 546 g/mol. The number of ketones is 1.